The van der Waals surface area contributed by atoms with Gasteiger partial charge in [-0.3, -0.25) is 9.69 Å². The number of nitrogens with zero attached hydrogens (tertiary/aromatic N) is 1. The Morgan fingerprint density at radius 1 is 0.850 bits per heavy atom. The first-order valence-electron chi connectivity index (χ1n) is 8.98. The molecule has 2 nitrogen and oxygen atoms in total. The van der Waals surface area contributed by atoms with Gasteiger partial charge in [0.15, 0.2) is 0 Å². The maximum absolute atomic E-state index is 11.9. The molecule has 4 aliphatic rings. The van der Waals surface area contributed by atoms with Gasteiger partial charge in [0.25, 0.3) is 0 Å². The molecule has 0 aromatic carbocycles. The molecule has 0 radical (unpaired) electrons. The summed E-state index contributed by atoms with van der Waals surface area (Å²) >= 11 is 0. The van der Waals surface area contributed by atoms with E-state index in [9.17, 15) is 4.79 Å². The highest BCUT2D eigenvalue weighted by Crippen LogP contribution is 2.46. The van der Waals surface area contributed by atoms with Crippen LogP contribution in [0.15, 0.2) is 0 Å². The molecule has 4 bridgehead atoms. The molecule has 4 atom stereocenters. The van der Waals surface area contributed by atoms with Gasteiger partial charge in [-0.1, -0.05) is 13.3 Å². The maximum Gasteiger partial charge on any atom is 0.136 e. The summed E-state index contributed by atoms with van der Waals surface area (Å²) in [6.45, 7) is 2.45. The van der Waals surface area contributed by atoms with Gasteiger partial charge >= 0.3 is 0 Å². The number of carbonyl (C=O) groups is 1. The number of fused-ring (bicyclic) bond motifs is 4. The maximum atomic E-state index is 11.9. The van der Waals surface area contributed by atoms with Crippen LogP contribution < -0.4 is 0 Å². The standard InChI is InChI=1S/C18H29NO/c1-12-5-13-7-14(6-12)9-17(8-13)19-15-3-2-4-16(19)11-18(20)10-15/h12-17H,2-11H2,1H3. The van der Waals surface area contributed by atoms with Gasteiger partial charge in [0.1, 0.15) is 5.78 Å². The van der Waals surface area contributed by atoms with Crippen LogP contribution in [-0.2, 0) is 4.79 Å². The van der Waals surface area contributed by atoms with E-state index in [1.165, 1.54) is 51.4 Å². The van der Waals surface area contributed by atoms with Crippen LogP contribution in [0.1, 0.15) is 71.1 Å². The number of hydrogen-bond donors (Lipinski definition) is 0. The van der Waals surface area contributed by atoms with Crippen molar-refractivity contribution in [3.05, 3.63) is 0 Å². The number of ketones is 1. The van der Waals surface area contributed by atoms with Crippen molar-refractivity contribution in [3.8, 4) is 0 Å². The van der Waals surface area contributed by atoms with Crippen molar-refractivity contribution in [1.29, 1.82) is 0 Å². The SMILES string of the molecule is CC1CC2CC(C1)CC(N1C3CCCC1CC(=O)C3)C2. The van der Waals surface area contributed by atoms with Crippen LogP contribution in [0.3, 0.4) is 0 Å². The molecule has 2 heterocycles. The number of rotatable bonds is 1. The average molecular weight is 275 g/mol. The van der Waals surface area contributed by atoms with E-state index in [1.54, 1.807) is 0 Å². The molecular formula is C18H29NO. The van der Waals surface area contributed by atoms with E-state index in [2.05, 4.69) is 11.8 Å². The number of piperidine rings is 2. The van der Waals surface area contributed by atoms with E-state index in [0.717, 1.165) is 36.6 Å². The molecule has 0 aromatic heterocycles. The van der Waals surface area contributed by atoms with E-state index in [1.807, 2.05) is 0 Å². The molecule has 0 amide bonds. The van der Waals surface area contributed by atoms with Crippen molar-refractivity contribution in [1.82, 2.24) is 4.90 Å². The zero-order valence-electron chi connectivity index (χ0n) is 12.9. The second-order valence-electron chi connectivity index (χ2n) is 8.30. The summed E-state index contributed by atoms with van der Waals surface area (Å²) in [6.07, 6.45) is 12.9. The highest BCUT2D eigenvalue weighted by Gasteiger charge is 2.44. The Labute approximate surface area is 123 Å². The summed E-state index contributed by atoms with van der Waals surface area (Å²) in [6, 6.07) is 2.03. The average Bonchev–Trinajstić information content (AvgIpc) is 2.35. The largest absolute Gasteiger partial charge is 0.300 e. The molecule has 0 N–H and O–H groups in total. The first-order chi connectivity index (χ1) is 9.69. The minimum absolute atomic E-state index is 0.542. The van der Waals surface area contributed by atoms with Gasteiger partial charge in [-0.2, -0.15) is 0 Å². The predicted octanol–water partition coefficient (Wildman–Crippen LogP) is 3.79. The monoisotopic (exact) mass is 275 g/mol. The van der Waals surface area contributed by atoms with Crippen LogP contribution in [-0.4, -0.2) is 28.8 Å². The fourth-order valence-electron chi connectivity index (χ4n) is 6.20. The van der Waals surface area contributed by atoms with Gasteiger partial charge in [0, 0.05) is 31.0 Å². The van der Waals surface area contributed by atoms with Crippen LogP contribution in [0.5, 0.6) is 0 Å². The molecule has 2 saturated carbocycles. The van der Waals surface area contributed by atoms with Crippen molar-refractivity contribution < 1.29 is 4.79 Å². The van der Waals surface area contributed by atoms with Crippen LogP contribution >= 0.6 is 0 Å². The lowest BCUT2D eigenvalue weighted by molar-refractivity contribution is -0.130. The molecule has 0 spiro atoms. The third-order valence-corrected chi connectivity index (χ3v) is 6.62. The predicted molar refractivity (Wildman–Crippen MR) is 80.5 cm³/mol. The van der Waals surface area contributed by atoms with E-state index in [4.69, 9.17) is 0 Å². The van der Waals surface area contributed by atoms with Crippen molar-refractivity contribution in [2.45, 2.75) is 89.3 Å². The smallest absolute Gasteiger partial charge is 0.136 e. The highest BCUT2D eigenvalue weighted by molar-refractivity contribution is 5.80. The normalized spacial score (nSPS) is 49.1. The molecule has 2 aliphatic carbocycles. The van der Waals surface area contributed by atoms with Crippen molar-refractivity contribution in [2.75, 3.05) is 0 Å². The molecule has 2 heteroatoms. The summed E-state index contributed by atoms with van der Waals surface area (Å²) < 4.78 is 0. The van der Waals surface area contributed by atoms with Crippen molar-refractivity contribution in [3.63, 3.8) is 0 Å². The second-order valence-corrected chi connectivity index (χ2v) is 8.30. The number of hydrogen-bond acceptors (Lipinski definition) is 2. The summed E-state index contributed by atoms with van der Waals surface area (Å²) in [7, 11) is 0. The van der Waals surface area contributed by atoms with Gasteiger partial charge in [-0.15, -0.1) is 0 Å². The van der Waals surface area contributed by atoms with Gasteiger partial charge in [0.05, 0.1) is 0 Å². The molecule has 4 rings (SSSR count). The number of carbonyl (C=O) groups excluding carboxylic acids is 1. The van der Waals surface area contributed by atoms with Gasteiger partial charge in [0.2, 0.25) is 0 Å². The lowest BCUT2D eigenvalue weighted by Crippen LogP contribution is -2.58. The Bertz CT molecular complexity index is 359. The van der Waals surface area contributed by atoms with Crippen LogP contribution in [0.25, 0.3) is 0 Å². The molecule has 20 heavy (non-hydrogen) atoms. The fourth-order valence-corrected chi connectivity index (χ4v) is 6.20. The topological polar surface area (TPSA) is 20.3 Å². The van der Waals surface area contributed by atoms with E-state index >= 15 is 0 Å². The molecule has 0 aromatic rings. The zero-order valence-corrected chi connectivity index (χ0v) is 12.9. The summed E-state index contributed by atoms with van der Waals surface area (Å²) in [4.78, 5) is 14.8. The van der Waals surface area contributed by atoms with Gasteiger partial charge < -0.3 is 0 Å². The van der Waals surface area contributed by atoms with E-state index in [-0.39, 0.29) is 0 Å². The van der Waals surface area contributed by atoms with Crippen LogP contribution in [0.2, 0.25) is 0 Å². The summed E-state index contributed by atoms with van der Waals surface area (Å²) in [5.41, 5.74) is 0. The second kappa shape index (κ2) is 5.12. The molecule has 112 valence electrons. The van der Waals surface area contributed by atoms with Crippen molar-refractivity contribution >= 4 is 5.78 Å². The summed E-state index contributed by atoms with van der Waals surface area (Å²) in [5.74, 6) is 3.48. The Hall–Kier alpha value is -0.370. The molecule has 4 fully saturated rings. The lowest BCUT2D eigenvalue weighted by Gasteiger charge is -2.53. The fraction of sp³-hybridized carbons (Fsp3) is 0.944. The Morgan fingerprint density at radius 3 is 2.05 bits per heavy atom. The minimum Gasteiger partial charge on any atom is -0.300 e. The number of Topliss-reactive ketones (excluding diaryl/α,β-unsaturated/α-hetero) is 1. The first-order valence-corrected chi connectivity index (χ1v) is 8.98. The molecule has 2 saturated heterocycles. The Morgan fingerprint density at radius 2 is 1.45 bits per heavy atom. The molecular weight excluding hydrogens is 246 g/mol. The quantitative estimate of drug-likeness (QED) is 0.725. The van der Waals surface area contributed by atoms with Crippen molar-refractivity contribution in [2.24, 2.45) is 17.8 Å². The van der Waals surface area contributed by atoms with E-state index in [0.29, 0.717) is 17.9 Å². The zero-order chi connectivity index (χ0) is 13.7. The Kier molecular flexibility index (Phi) is 3.41. The molecule has 4 unspecified atom stereocenters. The third-order valence-electron chi connectivity index (χ3n) is 6.62. The third kappa shape index (κ3) is 2.34. The van der Waals surface area contributed by atoms with Crippen LogP contribution in [0, 0.1) is 17.8 Å². The Balaban J connectivity index is 1.51. The lowest BCUT2D eigenvalue weighted by atomic mass is 9.65. The first kappa shape index (κ1) is 13.3. The minimum atomic E-state index is 0.542. The molecule has 2 aliphatic heterocycles. The summed E-state index contributed by atoms with van der Waals surface area (Å²) in [5, 5.41) is 0. The highest BCUT2D eigenvalue weighted by atomic mass is 16.1. The van der Waals surface area contributed by atoms with E-state index < -0.39 is 0 Å². The van der Waals surface area contributed by atoms with Gasteiger partial charge in [-0.05, 0) is 62.7 Å². The van der Waals surface area contributed by atoms with Crippen LogP contribution in [0.4, 0.5) is 0 Å². The van der Waals surface area contributed by atoms with Gasteiger partial charge in [-0.25, -0.2) is 0 Å².